The van der Waals surface area contributed by atoms with Crippen LogP contribution in [0.5, 0.6) is 0 Å². The normalized spacial score (nSPS) is 14.3. The fourth-order valence-corrected chi connectivity index (χ4v) is 4.66. The summed E-state index contributed by atoms with van der Waals surface area (Å²) in [6.07, 6.45) is 3.12. The summed E-state index contributed by atoms with van der Waals surface area (Å²) in [5, 5.41) is 0.501. The number of benzene rings is 1. The first-order valence-corrected chi connectivity index (χ1v) is 8.62. The summed E-state index contributed by atoms with van der Waals surface area (Å²) in [5.74, 6) is -0.0158. The highest BCUT2D eigenvalue weighted by molar-refractivity contribution is 7.92. The lowest BCUT2D eigenvalue weighted by Gasteiger charge is -2.05. The molecule has 1 aliphatic rings. The largest absolute Gasteiger partial charge is 0.258 e. The number of hydrogen-bond donors (Lipinski definition) is 1. The summed E-state index contributed by atoms with van der Waals surface area (Å²) in [7, 11) is -3.38. The van der Waals surface area contributed by atoms with Crippen molar-refractivity contribution in [3.05, 3.63) is 46.5 Å². The van der Waals surface area contributed by atoms with Crippen LogP contribution in [0.2, 0.25) is 0 Å². The third kappa shape index (κ3) is 2.96. The fraction of sp³-hybridized carbons (Fsp3) is 0.308. The minimum atomic E-state index is -3.38. The molecule has 6 heteroatoms. The number of anilines is 1. The molecule has 3 rings (SSSR count). The molecule has 0 saturated heterocycles. The van der Waals surface area contributed by atoms with Gasteiger partial charge in [0.25, 0.3) is 0 Å². The second kappa shape index (κ2) is 4.94. The zero-order valence-corrected chi connectivity index (χ0v) is 11.9. The number of nitrogens with one attached hydrogen (secondary N) is 1. The molecule has 100 valence electrons. The molecule has 0 bridgehead atoms. The van der Waals surface area contributed by atoms with Crippen molar-refractivity contribution in [1.29, 1.82) is 0 Å². The molecule has 0 atom stereocenters. The number of nitrogens with zero attached hydrogens (tertiary/aromatic N) is 1. The highest BCUT2D eigenvalue weighted by Gasteiger charge is 2.19. The van der Waals surface area contributed by atoms with E-state index in [9.17, 15) is 8.42 Å². The van der Waals surface area contributed by atoms with E-state index in [1.165, 1.54) is 16.2 Å². The van der Waals surface area contributed by atoms with Gasteiger partial charge >= 0.3 is 0 Å². The van der Waals surface area contributed by atoms with Gasteiger partial charge in [0.2, 0.25) is 10.0 Å². The van der Waals surface area contributed by atoms with Crippen LogP contribution < -0.4 is 4.72 Å². The number of aryl methyl sites for hydroxylation is 2. The zero-order valence-electron chi connectivity index (χ0n) is 10.3. The molecule has 0 amide bonds. The van der Waals surface area contributed by atoms with Crippen molar-refractivity contribution in [1.82, 2.24) is 4.98 Å². The molecule has 19 heavy (non-hydrogen) atoms. The van der Waals surface area contributed by atoms with Gasteiger partial charge in [-0.25, -0.2) is 13.4 Å². The Labute approximate surface area is 116 Å². The van der Waals surface area contributed by atoms with Crippen molar-refractivity contribution >= 4 is 26.5 Å². The van der Waals surface area contributed by atoms with Crippen LogP contribution in [0, 0.1) is 0 Å². The summed E-state index contributed by atoms with van der Waals surface area (Å²) < 4.78 is 26.7. The van der Waals surface area contributed by atoms with E-state index in [0.29, 0.717) is 5.13 Å². The molecular formula is C13H14N2O2S2. The van der Waals surface area contributed by atoms with Crippen molar-refractivity contribution in [2.75, 3.05) is 4.72 Å². The maximum Gasteiger partial charge on any atom is 0.238 e. The molecule has 1 heterocycles. The van der Waals surface area contributed by atoms with E-state index in [0.717, 1.165) is 30.5 Å². The summed E-state index contributed by atoms with van der Waals surface area (Å²) in [6.45, 7) is 0. The smallest absolute Gasteiger partial charge is 0.238 e. The van der Waals surface area contributed by atoms with Gasteiger partial charge in [0.1, 0.15) is 0 Å². The van der Waals surface area contributed by atoms with Crippen LogP contribution in [0.4, 0.5) is 5.13 Å². The van der Waals surface area contributed by atoms with Gasteiger partial charge in [0, 0.05) is 4.88 Å². The van der Waals surface area contributed by atoms with Crippen molar-refractivity contribution < 1.29 is 8.42 Å². The van der Waals surface area contributed by atoms with Crippen molar-refractivity contribution in [3.63, 3.8) is 0 Å². The summed E-state index contributed by atoms with van der Waals surface area (Å²) in [5.41, 5.74) is 1.83. The van der Waals surface area contributed by atoms with Gasteiger partial charge in [-0.15, -0.1) is 11.3 Å². The standard InChI is InChI=1S/C13H14N2O2S2/c16-19(17,9-10-5-2-1-3-6-10)15-13-14-11-7-4-8-12(11)18-13/h1-3,5-6H,4,7-9H2,(H,14,15). The molecule has 4 nitrogen and oxygen atoms in total. The van der Waals surface area contributed by atoms with E-state index in [4.69, 9.17) is 0 Å². The van der Waals surface area contributed by atoms with Crippen LogP contribution in [0.1, 0.15) is 22.6 Å². The third-order valence-electron chi connectivity index (χ3n) is 3.04. The Morgan fingerprint density at radius 3 is 2.74 bits per heavy atom. The molecular weight excluding hydrogens is 280 g/mol. The Hall–Kier alpha value is -1.40. The number of fused-ring (bicyclic) bond motifs is 1. The SMILES string of the molecule is O=S(=O)(Cc1ccccc1)Nc1nc2c(s1)CCC2. The van der Waals surface area contributed by atoms with Crippen LogP contribution in [0.25, 0.3) is 0 Å². The van der Waals surface area contributed by atoms with E-state index >= 15 is 0 Å². The Morgan fingerprint density at radius 2 is 2.00 bits per heavy atom. The minimum Gasteiger partial charge on any atom is -0.258 e. The fourth-order valence-electron chi connectivity index (χ4n) is 2.20. The van der Waals surface area contributed by atoms with Gasteiger partial charge < -0.3 is 0 Å². The third-order valence-corrected chi connectivity index (χ3v) is 5.46. The zero-order chi connectivity index (χ0) is 13.3. The van der Waals surface area contributed by atoms with Gasteiger partial charge in [-0.2, -0.15) is 0 Å². The van der Waals surface area contributed by atoms with Gasteiger partial charge in [0.05, 0.1) is 11.4 Å². The summed E-state index contributed by atoms with van der Waals surface area (Å²) in [4.78, 5) is 5.57. The topological polar surface area (TPSA) is 59.1 Å². The van der Waals surface area contributed by atoms with Gasteiger partial charge in [-0.3, -0.25) is 4.72 Å². The van der Waals surface area contributed by atoms with Gasteiger partial charge in [0.15, 0.2) is 5.13 Å². The number of rotatable bonds is 4. The Morgan fingerprint density at radius 1 is 1.21 bits per heavy atom. The molecule has 0 fully saturated rings. The summed E-state index contributed by atoms with van der Waals surface area (Å²) >= 11 is 1.46. The molecule has 0 unspecified atom stereocenters. The van der Waals surface area contributed by atoms with E-state index < -0.39 is 10.0 Å². The second-order valence-corrected chi connectivity index (χ2v) is 7.40. The second-order valence-electron chi connectivity index (χ2n) is 4.59. The molecule has 1 aliphatic carbocycles. The Balaban J connectivity index is 1.74. The first-order chi connectivity index (χ1) is 9.12. The van der Waals surface area contributed by atoms with Crippen molar-refractivity contribution in [3.8, 4) is 0 Å². The average molecular weight is 294 g/mol. The highest BCUT2D eigenvalue weighted by Crippen LogP contribution is 2.31. The van der Waals surface area contributed by atoms with Crippen molar-refractivity contribution in [2.45, 2.75) is 25.0 Å². The van der Waals surface area contributed by atoms with Crippen LogP contribution >= 0.6 is 11.3 Å². The molecule has 2 aromatic rings. The maximum atomic E-state index is 12.1. The predicted octanol–water partition coefficient (Wildman–Crippen LogP) is 2.57. The van der Waals surface area contributed by atoms with Crippen LogP contribution in [0.15, 0.2) is 30.3 Å². The lowest BCUT2D eigenvalue weighted by atomic mass is 10.2. The molecule has 0 saturated carbocycles. The monoisotopic (exact) mass is 294 g/mol. The Bertz CT molecular complexity index is 656. The molecule has 0 aliphatic heterocycles. The molecule has 0 radical (unpaired) electrons. The predicted molar refractivity (Wildman–Crippen MR) is 76.8 cm³/mol. The minimum absolute atomic E-state index is 0.0158. The average Bonchev–Trinajstić information content (AvgIpc) is 2.89. The number of aromatic nitrogens is 1. The number of sulfonamides is 1. The Kier molecular flexibility index (Phi) is 3.28. The number of thiazole rings is 1. The molecule has 1 N–H and O–H groups in total. The molecule has 1 aromatic heterocycles. The summed E-state index contributed by atoms with van der Waals surface area (Å²) in [6, 6.07) is 9.16. The first-order valence-electron chi connectivity index (χ1n) is 6.15. The van der Waals surface area contributed by atoms with Gasteiger partial charge in [-0.05, 0) is 24.8 Å². The lowest BCUT2D eigenvalue weighted by molar-refractivity contribution is 0.600. The van der Waals surface area contributed by atoms with Crippen LogP contribution in [0.3, 0.4) is 0 Å². The van der Waals surface area contributed by atoms with Crippen LogP contribution in [-0.4, -0.2) is 13.4 Å². The highest BCUT2D eigenvalue weighted by atomic mass is 32.2. The van der Waals surface area contributed by atoms with Gasteiger partial charge in [-0.1, -0.05) is 30.3 Å². The number of hydrogen-bond acceptors (Lipinski definition) is 4. The van der Waals surface area contributed by atoms with Crippen LogP contribution in [-0.2, 0) is 28.6 Å². The van der Waals surface area contributed by atoms with E-state index in [2.05, 4.69) is 9.71 Å². The van der Waals surface area contributed by atoms with E-state index in [-0.39, 0.29) is 5.75 Å². The first kappa shape index (κ1) is 12.6. The maximum absolute atomic E-state index is 12.1. The van der Waals surface area contributed by atoms with E-state index in [1.807, 2.05) is 18.2 Å². The quantitative estimate of drug-likeness (QED) is 0.943. The molecule has 1 aromatic carbocycles. The lowest BCUT2D eigenvalue weighted by Crippen LogP contribution is -2.14. The molecule has 0 spiro atoms. The van der Waals surface area contributed by atoms with E-state index in [1.54, 1.807) is 12.1 Å². The van der Waals surface area contributed by atoms with Crippen molar-refractivity contribution in [2.24, 2.45) is 0 Å².